The van der Waals surface area contributed by atoms with Gasteiger partial charge in [-0.05, 0) is 35.9 Å². The second-order valence-corrected chi connectivity index (χ2v) is 7.62. The standard InChI is InChI=1S/C18H21FN2O4S/c1-24-17-7-4-15(19)12-18(17)26(22,23)20-13-14-2-5-16(6-3-14)21-8-10-25-11-9-21/h2-7,12,20H,8-11,13H2,1H3. The maximum Gasteiger partial charge on any atom is 0.244 e. The Balaban J connectivity index is 1.69. The van der Waals surface area contributed by atoms with Crippen LogP contribution in [0, 0.1) is 5.82 Å². The normalized spacial score (nSPS) is 15.1. The number of ether oxygens (including phenoxy) is 2. The number of halogens is 1. The van der Waals surface area contributed by atoms with E-state index in [4.69, 9.17) is 9.47 Å². The summed E-state index contributed by atoms with van der Waals surface area (Å²) < 4.78 is 51.2. The molecule has 0 radical (unpaired) electrons. The minimum atomic E-state index is -3.90. The third-order valence-corrected chi connectivity index (χ3v) is 5.62. The first-order valence-electron chi connectivity index (χ1n) is 8.24. The van der Waals surface area contributed by atoms with Crippen LogP contribution in [0.25, 0.3) is 0 Å². The van der Waals surface area contributed by atoms with E-state index in [1.807, 2.05) is 24.3 Å². The summed E-state index contributed by atoms with van der Waals surface area (Å²) in [6.07, 6.45) is 0. The van der Waals surface area contributed by atoms with Crippen LogP contribution in [-0.2, 0) is 21.3 Å². The van der Waals surface area contributed by atoms with Crippen molar-refractivity contribution in [3.8, 4) is 5.75 Å². The molecular weight excluding hydrogens is 359 g/mol. The highest BCUT2D eigenvalue weighted by Gasteiger charge is 2.20. The Morgan fingerprint density at radius 1 is 1.15 bits per heavy atom. The summed E-state index contributed by atoms with van der Waals surface area (Å²) in [6, 6.07) is 11.0. The first kappa shape index (κ1) is 18.6. The van der Waals surface area contributed by atoms with Crippen molar-refractivity contribution in [3.63, 3.8) is 0 Å². The minimum Gasteiger partial charge on any atom is -0.495 e. The molecule has 2 aromatic carbocycles. The lowest BCUT2D eigenvalue weighted by atomic mass is 10.2. The maximum atomic E-state index is 13.4. The molecule has 1 fully saturated rings. The number of methoxy groups -OCH3 is 1. The number of benzene rings is 2. The van der Waals surface area contributed by atoms with Crippen molar-refractivity contribution in [2.75, 3.05) is 38.3 Å². The van der Waals surface area contributed by atoms with E-state index in [-0.39, 0.29) is 17.2 Å². The monoisotopic (exact) mass is 380 g/mol. The zero-order chi connectivity index (χ0) is 18.6. The van der Waals surface area contributed by atoms with Crippen molar-refractivity contribution >= 4 is 15.7 Å². The lowest BCUT2D eigenvalue weighted by molar-refractivity contribution is 0.122. The molecular formula is C18H21FN2O4S. The Labute approximate surface area is 152 Å². The highest BCUT2D eigenvalue weighted by Crippen LogP contribution is 2.24. The van der Waals surface area contributed by atoms with E-state index in [1.54, 1.807) is 0 Å². The molecule has 0 unspecified atom stereocenters. The zero-order valence-corrected chi connectivity index (χ0v) is 15.3. The summed E-state index contributed by atoms with van der Waals surface area (Å²) in [5, 5.41) is 0. The first-order chi connectivity index (χ1) is 12.5. The Kier molecular flexibility index (Phi) is 5.75. The molecule has 1 aliphatic rings. The number of hydrogen-bond donors (Lipinski definition) is 1. The number of morpholine rings is 1. The van der Waals surface area contributed by atoms with Gasteiger partial charge in [-0.3, -0.25) is 0 Å². The van der Waals surface area contributed by atoms with Crippen molar-refractivity contribution in [1.82, 2.24) is 4.72 Å². The molecule has 0 aromatic heterocycles. The van der Waals surface area contributed by atoms with Gasteiger partial charge in [-0.2, -0.15) is 0 Å². The molecule has 1 saturated heterocycles. The van der Waals surface area contributed by atoms with Gasteiger partial charge in [-0.25, -0.2) is 17.5 Å². The van der Waals surface area contributed by atoms with E-state index >= 15 is 0 Å². The molecule has 3 rings (SSSR count). The van der Waals surface area contributed by atoms with Gasteiger partial charge in [0.15, 0.2) is 0 Å². The summed E-state index contributed by atoms with van der Waals surface area (Å²) in [5.74, 6) is -0.539. The largest absolute Gasteiger partial charge is 0.495 e. The van der Waals surface area contributed by atoms with Gasteiger partial charge < -0.3 is 14.4 Å². The molecule has 0 spiro atoms. The third kappa shape index (κ3) is 4.32. The van der Waals surface area contributed by atoms with Gasteiger partial charge in [0.2, 0.25) is 10.0 Å². The molecule has 8 heteroatoms. The number of nitrogens with zero attached hydrogens (tertiary/aromatic N) is 1. The van der Waals surface area contributed by atoms with Crippen LogP contribution in [0.1, 0.15) is 5.56 Å². The lowest BCUT2D eigenvalue weighted by Crippen LogP contribution is -2.36. The predicted molar refractivity (Wildman–Crippen MR) is 96.5 cm³/mol. The average molecular weight is 380 g/mol. The van der Waals surface area contributed by atoms with Crippen molar-refractivity contribution in [2.45, 2.75) is 11.4 Å². The summed E-state index contributed by atoms with van der Waals surface area (Å²) in [6.45, 7) is 3.19. The third-order valence-electron chi connectivity index (χ3n) is 4.19. The zero-order valence-electron chi connectivity index (χ0n) is 14.4. The molecule has 0 saturated carbocycles. The van der Waals surface area contributed by atoms with E-state index < -0.39 is 15.8 Å². The fourth-order valence-corrected chi connectivity index (χ4v) is 3.96. The van der Waals surface area contributed by atoms with Crippen LogP contribution < -0.4 is 14.4 Å². The molecule has 140 valence electrons. The van der Waals surface area contributed by atoms with Crippen molar-refractivity contribution in [3.05, 3.63) is 53.8 Å². The van der Waals surface area contributed by atoms with Gasteiger partial charge in [0.25, 0.3) is 0 Å². The van der Waals surface area contributed by atoms with Gasteiger partial charge >= 0.3 is 0 Å². The molecule has 0 aliphatic carbocycles. The number of rotatable bonds is 6. The fourth-order valence-electron chi connectivity index (χ4n) is 2.76. The molecule has 6 nitrogen and oxygen atoms in total. The smallest absolute Gasteiger partial charge is 0.244 e. The Morgan fingerprint density at radius 3 is 2.50 bits per heavy atom. The quantitative estimate of drug-likeness (QED) is 0.832. The SMILES string of the molecule is COc1ccc(F)cc1S(=O)(=O)NCc1ccc(N2CCOCC2)cc1. The summed E-state index contributed by atoms with van der Waals surface area (Å²) in [5.41, 5.74) is 1.88. The highest BCUT2D eigenvalue weighted by atomic mass is 32.2. The second kappa shape index (κ2) is 8.03. The fraction of sp³-hybridized carbons (Fsp3) is 0.333. The Morgan fingerprint density at radius 2 is 1.85 bits per heavy atom. The van der Waals surface area contributed by atoms with Crippen LogP contribution in [0.5, 0.6) is 5.75 Å². The summed E-state index contributed by atoms with van der Waals surface area (Å²) >= 11 is 0. The Bertz CT molecular complexity index is 850. The van der Waals surface area contributed by atoms with Crippen LogP contribution in [-0.4, -0.2) is 41.8 Å². The Hall–Kier alpha value is -2.16. The topological polar surface area (TPSA) is 67.9 Å². The predicted octanol–water partition coefficient (Wildman–Crippen LogP) is 2.15. The van der Waals surface area contributed by atoms with Crippen LogP contribution >= 0.6 is 0 Å². The second-order valence-electron chi connectivity index (χ2n) is 5.89. The van der Waals surface area contributed by atoms with Crippen LogP contribution in [0.15, 0.2) is 47.4 Å². The summed E-state index contributed by atoms with van der Waals surface area (Å²) in [7, 11) is -2.55. The average Bonchev–Trinajstić information content (AvgIpc) is 2.67. The van der Waals surface area contributed by atoms with Crippen molar-refractivity contribution in [1.29, 1.82) is 0 Å². The van der Waals surface area contributed by atoms with Crippen LogP contribution in [0.2, 0.25) is 0 Å². The van der Waals surface area contributed by atoms with Crippen molar-refractivity contribution in [2.24, 2.45) is 0 Å². The number of hydrogen-bond acceptors (Lipinski definition) is 5. The van der Waals surface area contributed by atoms with Gasteiger partial charge in [-0.15, -0.1) is 0 Å². The van der Waals surface area contributed by atoms with E-state index in [2.05, 4.69) is 9.62 Å². The molecule has 0 bridgehead atoms. The van der Waals surface area contributed by atoms with E-state index in [1.165, 1.54) is 13.2 Å². The number of sulfonamides is 1. The number of anilines is 1. The maximum absolute atomic E-state index is 13.4. The lowest BCUT2D eigenvalue weighted by Gasteiger charge is -2.28. The molecule has 0 amide bonds. The summed E-state index contributed by atoms with van der Waals surface area (Å²) in [4.78, 5) is 2.00. The minimum absolute atomic E-state index is 0.0987. The van der Waals surface area contributed by atoms with E-state index in [0.717, 1.165) is 36.5 Å². The molecule has 0 atom stereocenters. The number of nitrogens with one attached hydrogen (secondary N) is 1. The molecule has 1 aliphatic heterocycles. The molecule has 1 N–H and O–H groups in total. The first-order valence-corrected chi connectivity index (χ1v) is 9.73. The van der Waals surface area contributed by atoms with E-state index in [9.17, 15) is 12.8 Å². The highest BCUT2D eigenvalue weighted by molar-refractivity contribution is 7.89. The van der Waals surface area contributed by atoms with Gasteiger partial charge in [0.1, 0.15) is 16.5 Å². The van der Waals surface area contributed by atoms with Gasteiger partial charge in [0.05, 0.1) is 20.3 Å². The molecule has 2 aromatic rings. The van der Waals surface area contributed by atoms with Gasteiger partial charge in [-0.1, -0.05) is 12.1 Å². The van der Waals surface area contributed by atoms with Crippen LogP contribution in [0.4, 0.5) is 10.1 Å². The van der Waals surface area contributed by atoms with Crippen LogP contribution in [0.3, 0.4) is 0 Å². The molecule has 1 heterocycles. The van der Waals surface area contributed by atoms with Crippen molar-refractivity contribution < 1.29 is 22.3 Å². The molecule has 26 heavy (non-hydrogen) atoms. The van der Waals surface area contributed by atoms with E-state index in [0.29, 0.717) is 13.2 Å². The van der Waals surface area contributed by atoms with Gasteiger partial charge in [0, 0.05) is 25.3 Å².